The lowest BCUT2D eigenvalue weighted by atomic mass is 10.2. The number of hydrogen-bond donors (Lipinski definition) is 1. The standard InChI is InChI=1S/C9H17NO2/c1-4-5-8(10)6-9(12-3)7-11-2/h4-5,9H,1,6-7,10H2,2-3H3/b8-5+. The zero-order valence-corrected chi connectivity index (χ0v) is 7.75. The number of ether oxygens (including phenoxy) is 2. The molecule has 3 nitrogen and oxygen atoms in total. The first-order valence-electron chi connectivity index (χ1n) is 3.83. The molecule has 0 radical (unpaired) electrons. The average molecular weight is 171 g/mol. The minimum atomic E-state index is 0.0335. The molecule has 1 atom stereocenters. The van der Waals surface area contributed by atoms with Gasteiger partial charge in [-0.25, -0.2) is 0 Å². The Labute approximate surface area is 73.8 Å². The number of methoxy groups -OCH3 is 2. The minimum absolute atomic E-state index is 0.0335. The van der Waals surface area contributed by atoms with Gasteiger partial charge in [-0.05, 0) is 6.08 Å². The predicted octanol–water partition coefficient (Wildman–Crippen LogP) is 1.07. The Bertz CT molecular complexity index is 155. The van der Waals surface area contributed by atoms with E-state index in [1.165, 1.54) is 0 Å². The maximum atomic E-state index is 5.65. The molecule has 0 aromatic heterocycles. The lowest BCUT2D eigenvalue weighted by molar-refractivity contribution is 0.0287. The fourth-order valence-corrected chi connectivity index (χ4v) is 0.879. The summed E-state index contributed by atoms with van der Waals surface area (Å²) in [6.07, 6.45) is 4.14. The first kappa shape index (κ1) is 11.2. The molecule has 0 spiro atoms. The van der Waals surface area contributed by atoms with E-state index in [2.05, 4.69) is 6.58 Å². The van der Waals surface area contributed by atoms with Crippen LogP contribution in [0.1, 0.15) is 6.42 Å². The highest BCUT2D eigenvalue weighted by atomic mass is 16.5. The van der Waals surface area contributed by atoms with Gasteiger partial charge in [0.05, 0.1) is 12.7 Å². The highest BCUT2D eigenvalue weighted by molar-refractivity contribution is 5.07. The SMILES string of the molecule is C=C/C=C(/N)CC(COC)OC. The molecule has 0 fully saturated rings. The topological polar surface area (TPSA) is 44.5 Å². The molecule has 0 aliphatic carbocycles. The monoisotopic (exact) mass is 171 g/mol. The third kappa shape index (κ3) is 4.93. The smallest absolute Gasteiger partial charge is 0.0858 e. The predicted molar refractivity (Wildman–Crippen MR) is 49.8 cm³/mol. The molecule has 0 saturated heterocycles. The van der Waals surface area contributed by atoms with E-state index in [0.29, 0.717) is 13.0 Å². The second kappa shape index (κ2) is 6.88. The van der Waals surface area contributed by atoms with Crippen LogP contribution in [0, 0.1) is 0 Å². The van der Waals surface area contributed by atoms with E-state index in [1.807, 2.05) is 0 Å². The Morgan fingerprint density at radius 3 is 2.67 bits per heavy atom. The van der Waals surface area contributed by atoms with Gasteiger partial charge < -0.3 is 15.2 Å². The largest absolute Gasteiger partial charge is 0.402 e. The van der Waals surface area contributed by atoms with Crippen LogP contribution >= 0.6 is 0 Å². The molecular weight excluding hydrogens is 154 g/mol. The van der Waals surface area contributed by atoms with Crippen LogP contribution in [0.4, 0.5) is 0 Å². The number of hydrogen-bond acceptors (Lipinski definition) is 3. The summed E-state index contributed by atoms with van der Waals surface area (Å²) in [5, 5.41) is 0. The van der Waals surface area contributed by atoms with E-state index in [4.69, 9.17) is 15.2 Å². The van der Waals surface area contributed by atoms with Gasteiger partial charge in [0.25, 0.3) is 0 Å². The zero-order valence-electron chi connectivity index (χ0n) is 7.75. The Hall–Kier alpha value is -0.800. The van der Waals surface area contributed by atoms with Crippen LogP contribution in [-0.4, -0.2) is 26.9 Å². The molecule has 0 bridgehead atoms. The summed E-state index contributed by atoms with van der Waals surface area (Å²) in [6, 6.07) is 0. The van der Waals surface area contributed by atoms with Crippen molar-refractivity contribution in [1.82, 2.24) is 0 Å². The van der Waals surface area contributed by atoms with Crippen molar-refractivity contribution >= 4 is 0 Å². The van der Waals surface area contributed by atoms with Crippen molar-refractivity contribution in [3.05, 3.63) is 24.4 Å². The van der Waals surface area contributed by atoms with Crippen molar-refractivity contribution in [1.29, 1.82) is 0 Å². The van der Waals surface area contributed by atoms with Gasteiger partial charge in [-0.2, -0.15) is 0 Å². The van der Waals surface area contributed by atoms with Crippen LogP contribution in [0.25, 0.3) is 0 Å². The highest BCUT2D eigenvalue weighted by Gasteiger charge is 2.06. The van der Waals surface area contributed by atoms with E-state index >= 15 is 0 Å². The van der Waals surface area contributed by atoms with Crippen molar-refractivity contribution < 1.29 is 9.47 Å². The van der Waals surface area contributed by atoms with Crippen LogP contribution in [0.5, 0.6) is 0 Å². The molecule has 0 aromatic carbocycles. The molecule has 0 saturated carbocycles. The molecule has 70 valence electrons. The molecule has 0 rings (SSSR count). The molecule has 12 heavy (non-hydrogen) atoms. The van der Waals surface area contributed by atoms with E-state index in [9.17, 15) is 0 Å². The second-order valence-corrected chi connectivity index (χ2v) is 2.49. The van der Waals surface area contributed by atoms with Gasteiger partial charge in [-0.3, -0.25) is 0 Å². The van der Waals surface area contributed by atoms with Crippen LogP contribution in [0.3, 0.4) is 0 Å². The van der Waals surface area contributed by atoms with Crippen LogP contribution in [0.15, 0.2) is 24.4 Å². The Balaban J connectivity index is 3.83. The van der Waals surface area contributed by atoms with E-state index in [0.717, 1.165) is 5.70 Å². The summed E-state index contributed by atoms with van der Waals surface area (Å²) in [7, 11) is 3.28. The Kier molecular flexibility index (Phi) is 6.42. The molecule has 0 heterocycles. The normalized spacial score (nSPS) is 14.3. The number of rotatable bonds is 6. The fourth-order valence-electron chi connectivity index (χ4n) is 0.879. The zero-order chi connectivity index (χ0) is 9.40. The molecule has 0 aromatic rings. The first-order chi connectivity index (χ1) is 5.74. The molecule has 3 heteroatoms. The molecule has 0 aliphatic heterocycles. The van der Waals surface area contributed by atoms with Gasteiger partial charge in [0.1, 0.15) is 0 Å². The maximum absolute atomic E-state index is 5.65. The van der Waals surface area contributed by atoms with E-state index < -0.39 is 0 Å². The molecule has 0 amide bonds. The Morgan fingerprint density at radius 1 is 1.58 bits per heavy atom. The van der Waals surface area contributed by atoms with Crippen LogP contribution < -0.4 is 5.73 Å². The quantitative estimate of drug-likeness (QED) is 0.608. The summed E-state index contributed by atoms with van der Waals surface area (Å²) in [5.74, 6) is 0. The molecular formula is C9H17NO2. The maximum Gasteiger partial charge on any atom is 0.0858 e. The summed E-state index contributed by atoms with van der Waals surface area (Å²) in [6.45, 7) is 4.11. The first-order valence-corrected chi connectivity index (χ1v) is 3.83. The van der Waals surface area contributed by atoms with Gasteiger partial charge in [-0.15, -0.1) is 0 Å². The molecule has 0 aliphatic rings. The third-order valence-electron chi connectivity index (χ3n) is 1.48. The number of nitrogens with two attached hydrogens (primary N) is 1. The summed E-state index contributed by atoms with van der Waals surface area (Å²) >= 11 is 0. The van der Waals surface area contributed by atoms with Crippen molar-refractivity contribution in [2.45, 2.75) is 12.5 Å². The highest BCUT2D eigenvalue weighted by Crippen LogP contribution is 2.03. The van der Waals surface area contributed by atoms with Gasteiger partial charge in [-0.1, -0.05) is 12.7 Å². The van der Waals surface area contributed by atoms with Gasteiger partial charge in [0.15, 0.2) is 0 Å². The van der Waals surface area contributed by atoms with Crippen LogP contribution in [-0.2, 0) is 9.47 Å². The second-order valence-electron chi connectivity index (χ2n) is 2.49. The average Bonchev–Trinajstić information content (AvgIpc) is 2.04. The lowest BCUT2D eigenvalue weighted by Crippen LogP contribution is -2.20. The third-order valence-corrected chi connectivity index (χ3v) is 1.48. The van der Waals surface area contributed by atoms with Crippen molar-refractivity contribution in [2.24, 2.45) is 5.73 Å². The van der Waals surface area contributed by atoms with E-state index in [1.54, 1.807) is 26.4 Å². The van der Waals surface area contributed by atoms with Crippen LogP contribution in [0.2, 0.25) is 0 Å². The van der Waals surface area contributed by atoms with Gasteiger partial charge in [0, 0.05) is 26.3 Å². The molecule has 2 N–H and O–H groups in total. The van der Waals surface area contributed by atoms with Gasteiger partial charge in [0.2, 0.25) is 0 Å². The lowest BCUT2D eigenvalue weighted by Gasteiger charge is -2.13. The van der Waals surface area contributed by atoms with Crippen molar-refractivity contribution in [2.75, 3.05) is 20.8 Å². The van der Waals surface area contributed by atoms with Gasteiger partial charge >= 0.3 is 0 Å². The van der Waals surface area contributed by atoms with Crippen molar-refractivity contribution in [3.63, 3.8) is 0 Å². The molecule has 1 unspecified atom stereocenters. The fraction of sp³-hybridized carbons (Fsp3) is 0.556. The Morgan fingerprint density at radius 2 is 2.25 bits per heavy atom. The summed E-state index contributed by atoms with van der Waals surface area (Å²) < 4.78 is 10.1. The van der Waals surface area contributed by atoms with Crippen molar-refractivity contribution in [3.8, 4) is 0 Å². The minimum Gasteiger partial charge on any atom is -0.402 e. The summed E-state index contributed by atoms with van der Waals surface area (Å²) in [4.78, 5) is 0. The summed E-state index contributed by atoms with van der Waals surface area (Å²) in [5.41, 5.74) is 6.40. The number of allylic oxidation sites excluding steroid dienone is 2. The van der Waals surface area contributed by atoms with E-state index in [-0.39, 0.29) is 6.10 Å².